The number of nitro benzene ring substituents is 1. The van der Waals surface area contributed by atoms with Gasteiger partial charge in [-0.25, -0.2) is 0 Å². The molecule has 0 aliphatic rings. The van der Waals surface area contributed by atoms with Crippen molar-refractivity contribution in [2.24, 2.45) is 0 Å². The normalized spacial score (nSPS) is 10.1. The SMILES string of the molecule is CCCCOc1ccc(-c2ccc(NC=O)cc2)c([N+](=O)[O-])c1. The van der Waals surface area contributed by atoms with E-state index in [9.17, 15) is 14.9 Å². The van der Waals surface area contributed by atoms with Crippen LogP contribution >= 0.6 is 0 Å². The summed E-state index contributed by atoms with van der Waals surface area (Å²) in [5.41, 5.74) is 1.84. The zero-order valence-corrected chi connectivity index (χ0v) is 12.8. The van der Waals surface area contributed by atoms with Crippen molar-refractivity contribution in [1.29, 1.82) is 0 Å². The number of hydrogen-bond donors (Lipinski definition) is 1. The molecule has 6 heteroatoms. The summed E-state index contributed by atoms with van der Waals surface area (Å²) in [6.07, 6.45) is 2.49. The maximum atomic E-state index is 11.3. The van der Waals surface area contributed by atoms with Crippen LogP contribution in [0.5, 0.6) is 5.75 Å². The Morgan fingerprint density at radius 3 is 2.57 bits per heavy atom. The minimum Gasteiger partial charge on any atom is -0.493 e. The molecule has 1 amide bonds. The van der Waals surface area contributed by atoms with E-state index in [0.717, 1.165) is 12.8 Å². The molecule has 0 heterocycles. The van der Waals surface area contributed by atoms with E-state index < -0.39 is 4.92 Å². The molecular weight excluding hydrogens is 296 g/mol. The number of benzene rings is 2. The highest BCUT2D eigenvalue weighted by molar-refractivity contribution is 5.78. The predicted molar refractivity (Wildman–Crippen MR) is 88.6 cm³/mol. The topological polar surface area (TPSA) is 81.5 Å². The van der Waals surface area contributed by atoms with Crippen LogP contribution in [0.15, 0.2) is 42.5 Å². The molecule has 23 heavy (non-hydrogen) atoms. The Bertz CT molecular complexity index is 683. The number of ether oxygens (including phenoxy) is 1. The lowest BCUT2D eigenvalue weighted by Gasteiger charge is -2.08. The number of carbonyl (C=O) groups is 1. The smallest absolute Gasteiger partial charge is 0.280 e. The van der Waals surface area contributed by atoms with Gasteiger partial charge >= 0.3 is 0 Å². The second-order valence-electron chi connectivity index (χ2n) is 4.98. The Morgan fingerprint density at radius 2 is 1.96 bits per heavy atom. The molecule has 0 spiro atoms. The van der Waals surface area contributed by atoms with Crippen molar-refractivity contribution in [3.05, 3.63) is 52.6 Å². The first-order chi connectivity index (χ1) is 11.2. The number of anilines is 1. The average Bonchev–Trinajstić information content (AvgIpc) is 2.56. The lowest BCUT2D eigenvalue weighted by Crippen LogP contribution is -1.99. The van der Waals surface area contributed by atoms with Crippen LogP contribution in [0.2, 0.25) is 0 Å². The van der Waals surface area contributed by atoms with Gasteiger partial charge in [0.05, 0.1) is 23.2 Å². The van der Waals surface area contributed by atoms with Crippen molar-refractivity contribution < 1.29 is 14.5 Å². The highest BCUT2D eigenvalue weighted by atomic mass is 16.6. The number of hydrogen-bond acceptors (Lipinski definition) is 4. The number of rotatable bonds is 8. The van der Waals surface area contributed by atoms with Crippen LogP contribution in [0.25, 0.3) is 11.1 Å². The van der Waals surface area contributed by atoms with Crippen LogP contribution in [-0.2, 0) is 4.79 Å². The molecule has 0 saturated heterocycles. The van der Waals surface area contributed by atoms with E-state index in [1.165, 1.54) is 6.07 Å². The van der Waals surface area contributed by atoms with E-state index in [-0.39, 0.29) is 5.69 Å². The highest BCUT2D eigenvalue weighted by Crippen LogP contribution is 2.33. The van der Waals surface area contributed by atoms with Crippen LogP contribution in [0, 0.1) is 10.1 Å². The Morgan fingerprint density at radius 1 is 1.22 bits per heavy atom. The quantitative estimate of drug-likeness (QED) is 0.345. The Labute approximate surface area is 134 Å². The fraction of sp³-hybridized carbons (Fsp3) is 0.235. The van der Waals surface area contributed by atoms with Gasteiger partial charge < -0.3 is 10.1 Å². The molecule has 0 bridgehead atoms. The van der Waals surface area contributed by atoms with Gasteiger partial charge in [0, 0.05) is 5.69 Å². The summed E-state index contributed by atoms with van der Waals surface area (Å²) < 4.78 is 5.53. The second kappa shape index (κ2) is 7.93. The Hall–Kier alpha value is -2.89. The molecule has 0 aliphatic carbocycles. The molecule has 0 aromatic heterocycles. The van der Waals surface area contributed by atoms with Gasteiger partial charge in [-0.1, -0.05) is 25.5 Å². The molecular formula is C17H18N2O4. The van der Waals surface area contributed by atoms with Crippen LogP contribution < -0.4 is 10.1 Å². The third-order valence-electron chi connectivity index (χ3n) is 3.35. The van der Waals surface area contributed by atoms with Gasteiger partial charge in [0.2, 0.25) is 6.41 Å². The minimum absolute atomic E-state index is 0.00454. The lowest BCUT2D eigenvalue weighted by molar-refractivity contribution is -0.384. The highest BCUT2D eigenvalue weighted by Gasteiger charge is 2.16. The fourth-order valence-corrected chi connectivity index (χ4v) is 2.14. The van der Waals surface area contributed by atoms with Crippen molar-refractivity contribution >= 4 is 17.8 Å². The molecule has 120 valence electrons. The number of nitrogens with one attached hydrogen (secondary N) is 1. The lowest BCUT2D eigenvalue weighted by atomic mass is 10.0. The molecule has 0 aliphatic heterocycles. The molecule has 2 rings (SSSR count). The number of nitrogens with zero attached hydrogens (tertiary/aromatic N) is 1. The van der Waals surface area contributed by atoms with Gasteiger partial charge in [0.25, 0.3) is 5.69 Å². The summed E-state index contributed by atoms with van der Waals surface area (Å²) in [4.78, 5) is 21.3. The molecule has 0 atom stereocenters. The number of amides is 1. The molecule has 0 saturated carbocycles. The average molecular weight is 314 g/mol. The summed E-state index contributed by atoms with van der Waals surface area (Å²) in [7, 11) is 0. The number of unbranched alkanes of at least 4 members (excludes halogenated alkanes) is 1. The van der Waals surface area contributed by atoms with Crippen LogP contribution in [0.3, 0.4) is 0 Å². The van der Waals surface area contributed by atoms with E-state index >= 15 is 0 Å². The summed E-state index contributed by atoms with van der Waals surface area (Å²) in [6, 6.07) is 11.7. The van der Waals surface area contributed by atoms with Gasteiger partial charge in [-0.3, -0.25) is 14.9 Å². The molecule has 2 aromatic rings. The standard InChI is InChI=1S/C17H18N2O4/c1-2-3-10-23-15-8-9-16(17(11-15)19(21)22)13-4-6-14(7-5-13)18-12-20/h4-9,11-12H,2-3,10H2,1H3,(H,18,20). The van der Waals surface area contributed by atoms with Crippen LogP contribution in [0.1, 0.15) is 19.8 Å². The zero-order chi connectivity index (χ0) is 16.7. The minimum atomic E-state index is -0.417. The van der Waals surface area contributed by atoms with Gasteiger partial charge in [-0.05, 0) is 36.2 Å². The summed E-state index contributed by atoms with van der Waals surface area (Å²) in [5, 5.41) is 13.9. The molecule has 6 nitrogen and oxygen atoms in total. The van der Waals surface area contributed by atoms with Gasteiger partial charge in [-0.15, -0.1) is 0 Å². The van der Waals surface area contributed by atoms with E-state index in [4.69, 9.17) is 4.74 Å². The molecule has 2 aromatic carbocycles. The van der Waals surface area contributed by atoms with Crippen LogP contribution in [-0.4, -0.2) is 17.9 Å². The monoisotopic (exact) mass is 314 g/mol. The first kappa shape index (κ1) is 16.5. The van der Waals surface area contributed by atoms with Crippen LogP contribution in [0.4, 0.5) is 11.4 Å². The molecule has 0 fully saturated rings. The van der Waals surface area contributed by atoms with Crippen molar-refractivity contribution in [3.63, 3.8) is 0 Å². The van der Waals surface area contributed by atoms with Gasteiger partial charge in [-0.2, -0.15) is 0 Å². The van der Waals surface area contributed by atoms with Crippen molar-refractivity contribution in [1.82, 2.24) is 0 Å². The van der Waals surface area contributed by atoms with Crippen molar-refractivity contribution in [3.8, 4) is 16.9 Å². The maximum absolute atomic E-state index is 11.3. The van der Waals surface area contributed by atoms with Gasteiger partial charge in [0.15, 0.2) is 0 Å². The summed E-state index contributed by atoms with van der Waals surface area (Å²) in [5.74, 6) is 0.494. The Balaban J connectivity index is 2.29. The number of carbonyl (C=O) groups excluding carboxylic acids is 1. The number of nitro groups is 1. The molecule has 0 radical (unpaired) electrons. The maximum Gasteiger partial charge on any atom is 0.280 e. The van der Waals surface area contributed by atoms with Gasteiger partial charge in [0.1, 0.15) is 5.75 Å². The predicted octanol–water partition coefficient (Wildman–Crippen LogP) is 4.01. The third-order valence-corrected chi connectivity index (χ3v) is 3.35. The first-order valence-electron chi connectivity index (χ1n) is 7.37. The second-order valence-corrected chi connectivity index (χ2v) is 4.98. The summed E-state index contributed by atoms with van der Waals surface area (Å²) in [6.45, 7) is 2.59. The zero-order valence-electron chi connectivity index (χ0n) is 12.8. The third kappa shape index (κ3) is 4.29. The van der Waals surface area contributed by atoms with E-state index in [2.05, 4.69) is 12.2 Å². The summed E-state index contributed by atoms with van der Waals surface area (Å²) >= 11 is 0. The van der Waals surface area contributed by atoms with E-state index in [0.29, 0.717) is 35.6 Å². The Kier molecular flexibility index (Phi) is 5.68. The van der Waals surface area contributed by atoms with Crippen molar-refractivity contribution in [2.75, 3.05) is 11.9 Å². The van der Waals surface area contributed by atoms with Crippen molar-refractivity contribution in [2.45, 2.75) is 19.8 Å². The van der Waals surface area contributed by atoms with E-state index in [1.807, 2.05) is 0 Å². The fourth-order valence-electron chi connectivity index (χ4n) is 2.14. The first-order valence-corrected chi connectivity index (χ1v) is 7.37. The molecule has 1 N–H and O–H groups in total. The van der Waals surface area contributed by atoms with E-state index in [1.54, 1.807) is 36.4 Å². The molecule has 0 unspecified atom stereocenters. The largest absolute Gasteiger partial charge is 0.493 e.